The van der Waals surface area contributed by atoms with E-state index in [1.54, 1.807) is 24.3 Å². The van der Waals surface area contributed by atoms with E-state index in [0.717, 1.165) is 17.5 Å². The molecule has 8 heteroatoms. The Labute approximate surface area is 205 Å². The highest BCUT2D eigenvalue weighted by Crippen LogP contribution is 2.46. The van der Waals surface area contributed by atoms with Gasteiger partial charge in [-0.15, -0.1) is 0 Å². The molecule has 1 amide bonds. The molecular formula is C26H32ClNO6. The van der Waals surface area contributed by atoms with Gasteiger partial charge >= 0.3 is 5.97 Å². The summed E-state index contributed by atoms with van der Waals surface area (Å²) in [7, 11) is 0. The molecule has 7 nitrogen and oxygen atoms in total. The van der Waals surface area contributed by atoms with Crippen LogP contribution in [0, 0.1) is 0 Å². The van der Waals surface area contributed by atoms with E-state index in [2.05, 4.69) is 5.32 Å². The molecule has 0 spiro atoms. The first-order valence-electron chi connectivity index (χ1n) is 11.5. The Morgan fingerprint density at radius 1 is 1.18 bits per heavy atom. The molecule has 0 radical (unpaired) electrons. The van der Waals surface area contributed by atoms with Crippen molar-refractivity contribution >= 4 is 23.5 Å². The number of nitrogens with one attached hydrogen (secondary N) is 1. The molecule has 0 aromatic heterocycles. The normalized spacial score (nSPS) is 22.2. The van der Waals surface area contributed by atoms with Crippen LogP contribution in [-0.4, -0.2) is 40.8 Å². The number of ether oxygens (including phenoxy) is 2. The van der Waals surface area contributed by atoms with E-state index in [4.69, 9.17) is 21.1 Å². The summed E-state index contributed by atoms with van der Waals surface area (Å²) in [6, 6.07) is 12.8. The zero-order valence-corrected chi connectivity index (χ0v) is 20.3. The van der Waals surface area contributed by atoms with Crippen LogP contribution >= 0.6 is 11.6 Å². The van der Waals surface area contributed by atoms with Crippen LogP contribution in [0.25, 0.3) is 0 Å². The molecule has 1 aliphatic heterocycles. The highest BCUT2D eigenvalue weighted by Gasteiger charge is 2.41. The molecule has 1 fully saturated rings. The number of benzene rings is 2. The van der Waals surface area contributed by atoms with Gasteiger partial charge in [-0.25, -0.2) is 0 Å². The van der Waals surface area contributed by atoms with Gasteiger partial charge in [0.1, 0.15) is 5.75 Å². The number of aliphatic carboxylic acids is 1. The van der Waals surface area contributed by atoms with Gasteiger partial charge in [-0.05, 0) is 48.7 Å². The Bertz CT molecular complexity index is 995. The number of carbonyl (C=O) groups excluding carboxylic acids is 1. The molecule has 3 atom stereocenters. The molecule has 0 saturated carbocycles. The number of hydrogen-bond donors (Lipinski definition) is 3. The van der Waals surface area contributed by atoms with Crippen LogP contribution in [0.3, 0.4) is 0 Å². The fourth-order valence-corrected chi connectivity index (χ4v) is 4.46. The van der Waals surface area contributed by atoms with E-state index in [0.29, 0.717) is 35.8 Å². The van der Waals surface area contributed by atoms with Gasteiger partial charge in [0.05, 0.1) is 31.8 Å². The van der Waals surface area contributed by atoms with Crippen LogP contribution in [-0.2, 0) is 20.7 Å². The van der Waals surface area contributed by atoms with Crippen LogP contribution in [0.1, 0.15) is 68.4 Å². The van der Waals surface area contributed by atoms with Crippen molar-refractivity contribution in [3.05, 3.63) is 64.2 Å². The summed E-state index contributed by atoms with van der Waals surface area (Å²) in [4.78, 5) is 23.7. The van der Waals surface area contributed by atoms with Crippen molar-refractivity contribution in [2.75, 3.05) is 13.2 Å². The molecule has 34 heavy (non-hydrogen) atoms. The topological polar surface area (TPSA) is 105 Å². The molecule has 3 N–H and O–H groups in total. The standard InChI is InChI=1S/C26H32ClNO6/c1-3-12-33-21-9-4-17(14-25(31)32)13-20(21)23-16-26(2,28-24(30)10-11-29)15-22(34-23)18-5-7-19(27)8-6-18/h4-9,13,22-23,29H,3,10-12,14-16H2,1-2H3,(H,28,30)(H,31,32)/t22-,23+,26-/m0/s1. The van der Waals surface area contributed by atoms with Crippen LogP contribution in [0.2, 0.25) is 5.02 Å². The highest BCUT2D eigenvalue weighted by molar-refractivity contribution is 6.30. The minimum absolute atomic E-state index is 0.0195. The van der Waals surface area contributed by atoms with E-state index in [-0.39, 0.29) is 31.5 Å². The first-order valence-corrected chi connectivity index (χ1v) is 11.9. The Morgan fingerprint density at radius 2 is 1.88 bits per heavy atom. The first-order chi connectivity index (χ1) is 16.2. The smallest absolute Gasteiger partial charge is 0.307 e. The summed E-state index contributed by atoms with van der Waals surface area (Å²) in [5, 5.41) is 22.2. The quantitative estimate of drug-likeness (QED) is 0.450. The molecule has 1 aliphatic rings. The summed E-state index contributed by atoms with van der Waals surface area (Å²) >= 11 is 6.08. The van der Waals surface area contributed by atoms with Crippen LogP contribution in [0.4, 0.5) is 0 Å². The fraction of sp³-hybridized carbons (Fsp3) is 0.462. The number of halogens is 1. The molecule has 0 bridgehead atoms. The van der Waals surface area contributed by atoms with Crippen molar-refractivity contribution in [1.29, 1.82) is 0 Å². The maximum absolute atomic E-state index is 12.4. The number of amides is 1. The lowest BCUT2D eigenvalue weighted by atomic mass is 9.80. The molecule has 1 heterocycles. The lowest BCUT2D eigenvalue weighted by molar-refractivity contribution is -0.136. The maximum atomic E-state index is 12.4. The largest absolute Gasteiger partial charge is 0.493 e. The number of aliphatic hydroxyl groups excluding tert-OH is 1. The molecule has 3 rings (SSSR count). The predicted octanol–water partition coefficient (Wildman–Crippen LogP) is 4.61. The number of carboxylic acid groups (broad SMARTS) is 1. The van der Waals surface area contributed by atoms with Crippen molar-refractivity contribution in [3.63, 3.8) is 0 Å². The second-order valence-corrected chi connectivity index (χ2v) is 9.38. The third-order valence-electron chi connectivity index (χ3n) is 5.86. The Hall–Kier alpha value is -2.61. The molecule has 2 aromatic carbocycles. The fourth-order valence-electron chi connectivity index (χ4n) is 4.33. The molecule has 0 aliphatic carbocycles. The summed E-state index contributed by atoms with van der Waals surface area (Å²) in [6.07, 6.45) is 0.941. The molecule has 1 saturated heterocycles. The van der Waals surface area contributed by atoms with E-state index < -0.39 is 17.6 Å². The van der Waals surface area contributed by atoms with Gasteiger partial charge < -0.3 is 25.0 Å². The van der Waals surface area contributed by atoms with Gasteiger partial charge in [-0.1, -0.05) is 36.7 Å². The third-order valence-corrected chi connectivity index (χ3v) is 6.11. The highest BCUT2D eigenvalue weighted by atomic mass is 35.5. The summed E-state index contributed by atoms with van der Waals surface area (Å²) < 4.78 is 12.5. The number of carbonyl (C=O) groups is 2. The van der Waals surface area contributed by atoms with Crippen molar-refractivity contribution in [3.8, 4) is 5.75 Å². The van der Waals surface area contributed by atoms with E-state index in [1.807, 2.05) is 32.0 Å². The van der Waals surface area contributed by atoms with Gasteiger partial charge in [0.2, 0.25) is 5.91 Å². The van der Waals surface area contributed by atoms with Gasteiger partial charge in [0, 0.05) is 35.4 Å². The second-order valence-electron chi connectivity index (χ2n) is 8.95. The van der Waals surface area contributed by atoms with Crippen LogP contribution < -0.4 is 10.1 Å². The average molecular weight is 490 g/mol. The molecule has 2 aromatic rings. The Kier molecular flexibility index (Phi) is 8.94. The third kappa shape index (κ3) is 6.95. The monoisotopic (exact) mass is 489 g/mol. The van der Waals surface area contributed by atoms with Gasteiger partial charge in [-0.3, -0.25) is 9.59 Å². The minimum Gasteiger partial charge on any atom is -0.493 e. The summed E-state index contributed by atoms with van der Waals surface area (Å²) in [5.74, 6) is -0.512. The van der Waals surface area contributed by atoms with Gasteiger partial charge in [0.25, 0.3) is 0 Å². The van der Waals surface area contributed by atoms with E-state index in [1.165, 1.54) is 0 Å². The molecule has 184 valence electrons. The number of aliphatic hydroxyl groups is 1. The SMILES string of the molecule is CCCOc1ccc(CC(=O)O)cc1[C@H]1C[C@@](C)(NC(=O)CCO)C[C@@H](c2ccc(Cl)cc2)O1. The maximum Gasteiger partial charge on any atom is 0.307 e. The zero-order chi connectivity index (χ0) is 24.7. The van der Waals surface area contributed by atoms with Crippen LogP contribution in [0.5, 0.6) is 5.75 Å². The van der Waals surface area contributed by atoms with E-state index >= 15 is 0 Å². The number of carboxylic acids is 1. The number of hydrogen-bond acceptors (Lipinski definition) is 5. The first kappa shape index (κ1) is 26.0. The molecule has 0 unspecified atom stereocenters. The zero-order valence-electron chi connectivity index (χ0n) is 19.6. The van der Waals surface area contributed by atoms with Crippen molar-refractivity contribution in [2.24, 2.45) is 0 Å². The van der Waals surface area contributed by atoms with Gasteiger partial charge in [-0.2, -0.15) is 0 Å². The lowest BCUT2D eigenvalue weighted by Crippen LogP contribution is -2.51. The number of rotatable bonds is 10. The lowest BCUT2D eigenvalue weighted by Gasteiger charge is -2.43. The Balaban J connectivity index is 2.00. The van der Waals surface area contributed by atoms with Crippen molar-refractivity contribution in [2.45, 2.75) is 63.7 Å². The Morgan fingerprint density at radius 3 is 2.53 bits per heavy atom. The van der Waals surface area contributed by atoms with E-state index in [9.17, 15) is 19.8 Å². The van der Waals surface area contributed by atoms with Crippen molar-refractivity contribution in [1.82, 2.24) is 5.32 Å². The predicted molar refractivity (Wildman–Crippen MR) is 129 cm³/mol. The van der Waals surface area contributed by atoms with Crippen LogP contribution in [0.15, 0.2) is 42.5 Å². The van der Waals surface area contributed by atoms with Crippen molar-refractivity contribution < 1.29 is 29.3 Å². The summed E-state index contributed by atoms with van der Waals surface area (Å²) in [5.41, 5.74) is 1.71. The second kappa shape index (κ2) is 11.7. The minimum atomic E-state index is -0.919. The summed E-state index contributed by atoms with van der Waals surface area (Å²) in [6.45, 7) is 4.27. The average Bonchev–Trinajstić information content (AvgIpc) is 2.77. The van der Waals surface area contributed by atoms with Gasteiger partial charge in [0.15, 0.2) is 0 Å². The molecular weight excluding hydrogens is 458 g/mol.